The molecule has 0 bridgehead atoms. The summed E-state index contributed by atoms with van der Waals surface area (Å²) in [5.74, 6) is 5.56. The molecule has 0 spiro atoms. The first kappa shape index (κ1) is 14.1. The maximum atomic E-state index is 12.2. The second-order valence-corrected chi connectivity index (χ2v) is 5.65. The van der Waals surface area contributed by atoms with E-state index in [0.717, 1.165) is 0 Å². The van der Waals surface area contributed by atoms with E-state index in [1.807, 2.05) is 0 Å². The SMILES string of the molecule is NCC#Cc1ccccc1NS(=O)(=O)c1ccccc1. The Bertz CT molecular complexity index is 744. The lowest BCUT2D eigenvalue weighted by atomic mass is 10.2. The highest BCUT2D eigenvalue weighted by molar-refractivity contribution is 7.92. The van der Waals surface area contributed by atoms with Crippen LogP contribution in [0.15, 0.2) is 59.5 Å². The highest BCUT2D eigenvalue weighted by atomic mass is 32.2. The molecular formula is C15H14N2O2S. The Morgan fingerprint density at radius 3 is 2.35 bits per heavy atom. The van der Waals surface area contributed by atoms with Crippen molar-refractivity contribution in [2.24, 2.45) is 5.73 Å². The molecular weight excluding hydrogens is 272 g/mol. The number of hydrogen-bond acceptors (Lipinski definition) is 3. The van der Waals surface area contributed by atoms with Crippen molar-refractivity contribution in [2.45, 2.75) is 4.90 Å². The van der Waals surface area contributed by atoms with Crippen molar-refractivity contribution in [3.63, 3.8) is 0 Å². The van der Waals surface area contributed by atoms with Crippen molar-refractivity contribution >= 4 is 15.7 Å². The Balaban J connectivity index is 2.35. The van der Waals surface area contributed by atoms with Gasteiger partial charge in [-0.2, -0.15) is 0 Å². The Morgan fingerprint density at radius 1 is 1.00 bits per heavy atom. The van der Waals surface area contributed by atoms with Gasteiger partial charge in [-0.3, -0.25) is 4.72 Å². The number of rotatable bonds is 3. The summed E-state index contributed by atoms with van der Waals surface area (Å²) in [6, 6.07) is 15.1. The van der Waals surface area contributed by atoms with E-state index in [1.165, 1.54) is 12.1 Å². The summed E-state index contributed by atoms with van der Waals surface area (Å²) < 4.78 is 27.0. The van der Waals surface area contributed by atoms with E-state index < -0.39 is 10.0 Å². The van der Waals surface area contributed by atoms with E-state index in [-0.39, 0.29) is 11.4 Å². The van der Waals surface area contributed by atoms with Gasteiger partial charge in [-0.1, -0.05) is 42.2 Å². The second-order valence-electron chi connectivity index (χ2n) is 3.97. The lowest BCUT2D eigenvalue weighted by Gasteiger charge is -2.09. The van der Waals surface area contributed by atoms with Gasteiger partial charge in [0.15, 0.2) is 0 Å². The summed E-state index contributed by atoms with van der Waals surface area (Å²) in [7, 11) is -3.61. The zero-order valence-corrected chi connectivity index (χ0v) is 11.5. The summed E-state index contributed by atoms with van der Waals surface area (Å²) in [5.41, 5.74) is 6.37. The van der Waals surface area contributed by atoms with Crippen LogP contribution in [0.5, 0.6) is 0 Å². The largest absolute Gasteiger partial charge is 0.320 e. The standard InChI is InChI=1S/C15H14N2O2S/c16-12-6-8-13-7-4-5-11-15(13)17-20(18,19)14-9-2-1-3-10-14/h1-5,7,9-11,17H,12,16H2. The normalized spacial score (nSPS) is 10.4. The lowest BCUT2D eigenvalue weighted by Crippen LogP contribution is -2.13. The van der Waals surface area contributed by atoms with Crippen LogP contribution in [0, 0.1) is 11.8 Å². The molecule has 20 heavy (non-hydrogen) atoms. The Hall–Kier alpha value is -2.29. The number of nitrogens with two attached hydrogens (primary N) is 1. The average Bonchev–Trinajstić information content (AvgIpc) is 2.47. The van der Waals surface area contributed by atoms with Crippen LogP contribution in [0.4, 0.5) is 5.69 Å². The molecule has 5 heteroatoms. The van der Waals surface area contributed by atoms with Gasteiger partial charge in [0.1, 0.15) is 0 Å². The number of hydrogen-bond donors (Lipinski definition) is 2. The summed E-state index contributed by atoms with van der Waals surface area (Å²) >= 11 is 0. The topological polar surface area (TPSA) is 72.2 Å². The molecule has 0 atom stereocenters. The van der Waals surface area contributed by atoms with Gasteiger partial charge in [0.2, 0.25) is 0 Å². The minimum atomic E-state index is -3.61. The van der Waals surface area contributed by atoms with Gasteiger partial charge >= 0.3 is 0 Å². The summed E-state index contributed by atoms with van der Waals surface area (Å²) in [5, 5.41) is 0. The monoisotopic (exact) mass is 286 g/mol. The van der Waals surface area contributed by atoms with E-state index >= 15 is 0 Å². The summed E-state index contributed by atoms with van der Waals surface area (Å²) in [6.07, 6.45) is 0. The average molecular weight is 286 g/mol. The molecule has 0 aromatic heterocycles. The summed E-state index contributed by atoms with van der Waals surface area (Å²) in [6.45, 7) is 0.222. The van der Waals surface area contributed by atoms with Crippen molar-refractivity contribution < 1.29 is 8.42 Å². The minimum absolute atomic E-state index is 0.210. The molecule has 0 aliphatic rings. The lowest BCUT2D eigenvalue weighted by molar-refractivity contribution is 0.601. The van der Waals surface area contributed by atoms with Gasteiger partial charge in [-0.05, 0) is 24.3 Å². The molecule has 0 aliphatic heterocycles. The summed E-state index contributed by atoms with van der Waals surface area (Å²) in [4.78, 5) is 0.210. The number of nitrogens with one attached hydrogen (secondary N) is 1. The zero-order valence-electron chi connectivity index (χ0n) is 10.7. The van der Waals surface area contributed by atoms with Gasteiger partial charge < -0.3 is 5.73 Å². The van der Waals surface area contributed by atoms with Gasteiger partial charge in [0.25, 0.3) is 10.0 Å². The van der Waals surface area contributed by atoms with Crippen molar-refractivity contribution in [2.75, 3.05) is 11.3 Å². The quantitative estimate of drug-likeness (QED) is 0.845. The molecule has 0 aliphatic carbocycles. The molecule has 2 aromatic carbocycles. The smallest absolute Gasteiger partial charge is 0.261 e. The molecule has 3 N–H and O–H groups in total. The fourth-order valence-electron chi connectivity index (χ4n) is 1.63. The van der Waals surface area contributed by atoms with Crippen molar-refractivity contribution in [1.82, 2.24) is 0 Å². The Morgan fingerprint density at radius 2 is 1.65 bits per heavy atom. The molecule has 0 saturated heterocycles. The van der Waals surface area contributed by atoms with Gasteiger partial charge in [0, 0.05) is 5.56 Å². The van der Waals surface area contributed by atoms with E-state index in [9.17, 15) is 8.42 Å². The first-order chi connectivity index (χ1) is 9.63. The number of sulfonamides is 1. The first-order valence-electron chi connectivity index (χ1n) is 5.99. The molecule has 0 heterocycles. The van der Waals surface area contributed by atoms with Gasteiger partial charge in [-0.25, -0.2) is 8.42 Å². The fourth-order valence-corrected chi connectivity index (χ4v) is 2.73. The highest BCUT2D eigenvalue weighted by Gasteiger charge is 2.14. The second kappa shape index (κ2) is 6.24. The molecule has 4 nitrogen and oxygen atoms in total. The maximum Gasteiger partial charge on any atom is 0.261 e. The van der Waals surface area contributed by atoms with E-state index in [2.05, 4.69) is 16.6 Å². The molecule has 2 aromatic rings. The molecule has 0 saturated carbocycles. The number of para-hydroxylation sites is 1. The van der Waals surface area contributed by atoms with E-state index in [4.69, 9.17) is 5.73 Å². The van der Waals surface area contributed by atoms with Crippen LogP contribution in [-0.4, -0.2) is 15.0 Å². The molecule has 2 rings (SSSR count). The molecule has 0 unspecified atom stereocenters. The van der Waals surface area contributed by atoms with Crippen molar-refractivity contribution in [3.05, 3.63) is 60.2 Å². The predicted molar refractivity (Wildman–Crippen MR) is 79.6 cm³/mol. The maximum absolute atomic E-state index is 12.2. The van der Waals surface area contributed by atoms with Crippen LogP contribution in [0.25, 0.3) is 0 Å². The highest BCUT2D eigenvalue weighted by Crippen LogP contribution is 2.19. The third-order valence-corrected chi connectivity index (χ3v) is 3.93. The minimum Gasteiger partial charge on any atom is -0.320 e. The van der Waals surface area contributed by atoms with Crippen LogP contribution in [0.2, 0.25) is 0 Å². The Kier molecular flexibility index (Phi) is 4.41. The van der Waals surface area contributed by atoms with Crippen molar-refractivity contribution in [3.8, 4) is 11.8 Å². The number of benzene rings is 2. The van der Waals surface area contributed by atoms with Crippen molar-refractivity contribution in [1.29, 1.82) is 0 Å². The van der Waals surface area contributed by atoms with E-state index in [1.54, 1.807) is 42.5 Å². The molecule has 0 radical (unpaired) electrons. The number of anilines is 1. The van der Waals surface area contributed by atoms with Crippen LogP contribution in [0.1, 0.15) is 5.56 Å². The third-order valence-electron chi connectivity index (χ3n) is 2.55. The Labute approximate surface area is 118 Å². The first-order valence-corrected chi connectivity index (χ1v) is 7.47. The zero-order chi connectivity index (χ0) is 14.4. The van der Waals surface area contributed by atoms with Crippen LogP contribution in [-0.2, 0) is 10.0 Å². The molecule has 102 valence electrons. The van der Waals surface area contributed by atoms with Crippen LogP contribution >= 0.6 is 0 Å². The van der Waals surface area contributed by atoms with Crippen LogP contribution in [0.3, 0.4) is 0 Å². The predicted octanol–water partition coefficient (Wildman–Crippen LogP) is 1.80. The van der Waals surface area contributed by atoms with Gasteiger partial charge in [0.05, 0.1) is 17.1 Å². The van der Waals surface area contributed by atoms with E-state index in [0.29, 0.717) is 11.3 Å². The van der Waals surface area contributed by atoms with Gasteiger partial charge in [-0.15, -0.1) is 0 Å². The van der Waals surface area contributed by atoms with Crippen LogP contribution < -0.4 is 10.5 Å². The third kappa shape index (κ3) is 3.38. The molecule has 0 fully saturated rings. The fraction of sp³-hybridized carbons (Fsp3) is 0.0667. The molecule has 0 amide bonds.